The van der Waals surface area contributed by atoms with Gasteiger partial charge in [0.05, 0.1) is 17.1 Å². The lowest BCUT2D eigenvalue weighted by Crippen LogP contribution is -2.41. The minimum atomic E-state index is -4.48. The van der Waals surface area contributed by atoms with Crippen LogP contribution in [0.1, 0.15) is 29.9 Å². The van der Waals surface area contributed by atoms with Crippen molar-refractivity contribution in [2.45, 2.75) is 32.5 Å². The van der Waals surface area contributed by atoms with Crippen LogP contribution in [0.2, 0.25) is 5.02 Å². The summed E-state index contributed by atoms with van der Waals surface area (Å²) in [6.45, 7) is 3.25. The lowest BCUT2D eigenvalue weighted by atomic mass is 9.95. The fourth-order valence-electron chi connectivity index (χ4n) is 3.35. The quantitative estimate of drug-likeness (QED) is 0.736. The average molecular weight is 416 g/mol. The van der Waals surface area contributed by atoms with E-state index in [0.717, 1.165) is 23.8 Å². The van der Waals surface area contributed by atoms with Crippen molar-refractivity contribution in [2.24, 2.45) is 5.92 Å². The van der Waals surface area contributed by atoms with Crippen LogP contribution in [0, 0.1) is 12.8 Å². The first-order valence-corrected chi connectivity index (χ1v) is 9.31. The SMILES string of the molecule is Cc1ccc(CN(C)C(=O)C2CCN(c3ncc(C(F)(F)F)cc3Cl)CC2)o1. The number of furan rings is 1. The Morgan fingerprint density at radius 3 is 2.57 bits per heavy atom. The third kappa shape index (κ3) is 4.60. The second kappa shape index (κ2) is 8.03. The standard InChI is InChI=1S/C19H21ClF3N3O2/c1-12-3-4-15(28-12)11-25(2)18(27)13-5-7-26(8-6-13)17-16(20)9-14(10-24-17)19(21,22)23/h3-4,9-10,13H,5-8,11H2,1-2H3. The van der Waals surface area contributed by atoms with E-state index in [1.165, 1.54) is 0 Å². The maximum atomic E-state index is 12.8. The highest BCUT2D eigenvalue weighted by molar-refractivity contribution is 6.33. The Morgan fingerprint density at radius 1 is 1.36 bits per heavy atom. The van der Waals surface area contributed by atoms with Gasteiger partial charge in [-0.15, -0.1) is 0 Å². The van der Waals surface area contributed by atoms with E-state index in [9.17, 15) is 18.0 Å². The van der Waals surface area contributed by atoms with E-state index in [1.807, 2.05) is 24.0 Å². The Morgan fingerprint density at radius 2 is 2.04 bits per heavy atom. The third-order valence-corrected chi connectivity index (χ3v) is 5.14. The molecular formula is C19H21ClF3N3O2. The highest BCUT2D eigenvalue weighted by atomic mass is 35.5. The summed E-state index contributed by atoms with van der Waals surface area (Å²) in [4.78, 5) is 20.0. The number of aromatic nitrogens is 1. The Hall–Kier alpha value is -2.22. The van der Waals surface area contributed by atoms with Gasteiger partial charge in [-0.2, -0.15) is 13.2 Å². The van der Waals surface area contributed by atoms with E-state index in [4.69, 9.17) is 16.0 Å². The molecule has 1 saturated heterocycles. The number of pyridine rings is 1. The minimum Gasteiger partial charge on any atom is -0.464 e. The van der Waals surface area contributed by atoms with Crippen LogP contribution in [0.3, 0.4) is 0 Å². The number of aryl methyl sites for hydroxylation is 1. The summed E-state index contributed by atoms with van der Waals surface area (Å²) in [7, 11) is 1.74. The van der Waals surface area contributed by atoms with Gasteiger partial charge >= 0.3 is 6.18 Å². The molecule has 1 aliphatic heterocycles. The predicted octanol–water partition coefficient (Wildman–Crippen LogP) is 4.53. The monoisotopic (exact) mass is 415 g/mol. The largest absolute Gasteiger partial charge is 0.464 e. The number of amides is 1. The first kappa shape index (κ1) is 20.5. The van der Waals surface area contributed by atoms with E-state index in [0.29, 0.717) is 38.3 Å². The van der Waals surface area contributed by atoms with E-state index >= 15 is 0 Å². The van der Waals surface area contributed by atoms with Gasteiger partial charge in [0.2, 0.25) is 5.91 Å². The van der Waals surface area contributed by atoms with E-state index < -0.39 is 11.7 Å². The molecular weight excluding hydrogens is 395 g/mol. The summed E-state index contributed by atoms with van der Waals surface area (Å²) < 4.78 is 43.8. The summed E-state index contributed by atoms with van der Waals surface area (Å²) in [5.41, 5.74) is -0.874. The maximum Gasteiger partial charge on any atom is 0.417 e. The van der Waals surface area contributed by atoms with Crippen LogP contribution in [0.4, 0.5) is 19.0 Å². The van der Waals surface area contributed by atoms with Crippen LogP contribution in [-0.4, -0.2) is 35.9 Å². The Labute approximate surface area is 166 Å². The molecule has 1 amide bonds. The first-order valence-electron chi connectivity index (χ1n) is 8.93. The Bertz CT molecular complexity index is 845. The molecule has 0 saturated carbocycles. The lowest BCUT2D eigenvalue weighted by molar-refractivity contribution is -0.138. The summed E-state index contributed by atoms with van der Waals surface area (Å²) in [6, 6.07) is 4.59. The van der Waals surface area contributed by atoms with Crippen molar-refractivity contribution >= 4 is 23.3 Å². The predicted molar refractivity (Wildman–Crippen MR) is 99.1 cm³/mol. The molecule has 0 radical (unpaired) electrons. The summed E-state index contributed by atoms with van der Waals surface area (Å²) in [5.74, 6) is 1.72. The fourth-order valence-corrected chi connectivity index (χ4v) is 3.64. The highest BCUT2D eigenvalue weighted by Gasteiger charge is 2.33. The molecule has 0 atom stereocenters. The number of nitrogens with zero attached hydrogens (tertiary/aromatic N) is 3. The van der Waals surface area contributed by atoms with Crippen molar-refractivity contribution < 1.29 is 22.4 Å². The molecule has 9 heteroatoms. The second-order valence-electron chi connectivity index (χ2n) is 7.00. The number of piperidine rings is 1. The van der Waals surface area contributed by atoms with Gasteiger partial charge in [0.1, 0.15) is 17.3 Å². The smallest absolute Gasteiger partial charge is 0.417 e. The van der Waals surface area contributed by atoms with Gasteiger partial charge in [0.15, 0.2) is 0 Å². The molecule has 1 fully saturated rings. The van der Waals surface area contributed by atoms with Gasteiger partial charge < -0.3 is 14.2 Å². The zero-order valence-electron chi connectivity index (χ0n) is 15.6. The van der Waals surface area contributed by atoms with Crippen molar-refractivity contribution in [3.63, 3.8) is 0 Å². The third-order valence-electron chi connectivity index (χ3n) is 4.86. The molecule has 3 rings (SSSR count). The number of hydrogen-bond donors (Lipinski definition) is 0. The van der Waals surface area contributed by atoms with Crippen molar-refractivity contribution in [3.8, 4) is 0 Å². The topological polar surface area (TPSA) is 49.6 Å². The van der Waals surface area contributed by atoms with Crippen LogP contribution in [0.5, 0.6) is 0 Å². The van der Waals surface area contributed by atoms with E-state index in [2.05, 4.69) is 4.98 Å². The molecule has 0 aliphatic carbocycles. The number of rotatable bonds is 4. The van der Waals surface area contributed by atoms with Crippen LogP contribution in [-0.2, 0) is 17.5 Å². The maximum absolute atomic E-state index is 12.8. The van der Waals surface area contributed by atoms with Gasteiger partial charge in [-0.3, -0.25) is 4.79 Å². The molecule has 1 aliphatic rings. The normalized spacial score (nSPS) is 15.7. The highest BCUT2D eigenvalue weighted by Crippen LogP contribution is 2.34. The number of carbonyl (C=O) groups excluding carboxylic acids is 1. The molecule has 0 bridgehead atoms. The van der Waals surface area contributed by atoms with E-state index in [-0.39, 0.29) is 16.8 Å². The molecule has 2 aromatic rings. The zero-order chi connectivity index (χ0) is 20.5. The number of alkyl halides is 3. The molecule has 0 aromatic carbocycles. The zero-order valence-corrected chi connectivity index (χ0v) is 16.3. The second-order valence-corrected chi connectivity index (χ2v) is 7.40. The summed E-state index contributed by atoms with van der Waals surface area (Å²) >= 11 is 6.02. The molecule has 152 valence electrons. The number of anilines is 1. The fraction of sp³-hybridized carbons (Fsp3) is 0.474. The Kier molecular flexibility index (Phi) is 5.88. The molecule has 3 heterocycles. The van der Waals surface area contributed by atoms with Crippen LogP contribution in [0.25, 0.3) is 0 Å². The molecule has 5 nitrogen and oxygen atoms in total. The Balaban J connectivity index is 1.59. The van der Waals surface area contributed by atoms with Crippen molar-refractivity contribution in [1.82, 2.24) is 9.88 Å². The van der Waals surface area contributed by atoms with Crippen molar-refractivity contribution in [3.05, 3.63) is 46.5 Å². The van der Waals surface area contributed by atoms with Gasteiger partial charge in [-0.25, -0.2) is 4.98 Å². The molecule has 28 heavy (non-hydrogen) atoms. The molecule has 2 aromatic heterocycles. The van der Waals surface area contributed by atoms with Crippen molar-refractivity contribution in [1.29, 1.82) is 0 Å². The van der Waals surface area contributed by atoms with Gasteiger partial charge in [0.25, 0.3) is 0 Å². The van der Waals surface area contributed by atoms with Gasteiger partial charge in [0, 0.05) is 32.3 Å². The van der Waals surface area contributed by atoms with Gasteiger partial charge in [-0.05, 0) is 38.0 Å². The average Bonchev–Trinajstić information content (AvgIpc) is 3.05. The molecule has 0 N–H and O–H groups in total. The minimum absolute atomic E-state index is 0.0279. The summed E-state index contributed by atoms with van der Waals surface area (Å²) in [5, 5.41) is -0.0371. The van der Waals surface area contributed by atoms with Crippen LogP contribution in [0.15, 0.2) is 28.8 Å². The lowest BCUT2D eigenvalue weighted by Gasteiger charge is -2.34. The number of hydrogen-bond acceptors (Lipinski definition) is 4. The number of carbonyl (C=O) groups is 1. The van der Waals surface area contributed by atoms with Crippen LogP contribution >= 0.6 is 11.6 Å². The molecule has 0 spiro atoms. The summed E-state index contributed by atoms with van der Waals surface area (Å²) in [6.07, 6.45) is -2.53. The first-order chi connectivity index (χ1) is 13.1. The van der Waals surface area contributed by atoms with E-state index in [1.54, 1.807) is 11.9 Å². The van der Waals surface area contributed by atoms with Crippen molar-refractivity contribution in [2.75, 3.05) is 25.0 Å². The van der Waals surface area contributed by atoms with Crippen LogP contribution < -0.4 is 4.90 Å². The molecule has 0 unspecified atom stereocenters. The number of halogens is 4. The van der Waals surface area contributed by atoms with Gasteiger partial charge in [-0.1, -0.05) is 11.6 Å².